The molecule has 4 aliphatic rings. The molecule has 66 heavy (non-hydrogen) atoms. The molecule has 4 N–H and O–H groups in total. The fourth-order valence-corrected chi connectivity index (χ4v) is 11.7. The Kier molecular flexibility index (Phi) is 14.6. The van der Waals surface area contributed by atoms with E-state index >= 15 is 4.39 Å². The fraction of sp³-hybridized carbons (Fsp3) is 0.522. The van der Waals surface area contributed by atoms with Gasteiger partial charge in [0.1, 0.15) is 5.82 Å². The number of benzene rings is 1. The molecule has 2 atom stereocenters. The minimum absolute atomic E-state index is 0.0199. The highest BCUT2D eigenvalue weighted by molar-refractivity contribution is 7.92. The molecule has 20 heteroatoms. The van der Waals surface area contributed by atoms with E-state index in [4.69, 9.17) is 4.98 Å². The largest absolute Gasteiger partial charge is 0.394 e. The van der Waals surface area contributed by atoms with Gasteiger partial charge in [0, 0.05) is 87.4 Å². The van der Waals surface area contributed by atoms with E-state index in [0.717, 1.165) is 16.4 Å². The van der Waals surface area contributed by atoms with Crippen molar-refractivity contribution in [2.45, 2.75) is 89.5 Å². The average Bonchev–Trinajstić information content (AvgIpc) is 3.77. The molecule has 7 heterocycles. The Bertz CT molecular complexity index is 2520. The second-order valence-corrected chi connectivity index (χ2v) is 20.6. The number of hydrogen-bond acceptors (Lipinski definition) is 14. The van der Waals surface area contributed by atoms with Gasteiger partial charge in [-0.1, -0.05) is 19.1 Å². The summed E-state index contributed by atoms with van der Waals surface area (Å²) in [6.45, 7) is 6.90. The van der Waals surface area contributed by atoms with Gasteiger partial charge in [0.2, 0.25) is 39.6 Å². The molecule has 0 radical (unpaired) electrons. The van der Waals surface area contributed by atoms with Crippen molar-refractivity contribution in [1.29, 1.82) is 0 Å². The Balaban J connectivity index is 0.866. The number of carbonyl (C=O) groups excluding carboxylic acids is 4. The maximum atomic E-state index is 16.3. The van der Waals surface area contributed by atoms with E-state index in [1.165, 1.54) is 17.4 Å². The summed E-state index contributed by atoms with van der Waals surface area (Å²) in [7, 11) is -3.77. The van der Waals surface area contributed by atoms with Crippen LogP contribution in [-0.2, 0) is 29.2 Å². The number of nitrogens with one attached hydrogen (secondary N) is 3. The van der Waals surface area contributed by atoms with Gasteiger partial charge in [0.25, 0.3) is 0 Å². The van der Waals surface area contributed by atoms with Crippen molar-refractivity contribution in [3.05, 3.63) is 65.2 Å². The van der Waals surface area contributed by atoms with Gasteiger partial charge in [0.15, 0.2) is 5.82 Å². The van der Waals surface area contributed by atoms with Gasteiger partial charge in [-0.25, -0.2) is 32.7 Å². The van der Waals surface area contributed by atoms with Gasteiger partial charge in [-0.05, 0) is 88.1 Å². The molecule has 4 fully saturated rings. The van der Waals surface area contributed by atoms with Gasteiger partial charge in [0.05, 0.1) is 45.2 Å². The molecule has 0 aliphatic carbocycles. The third kappa shape index (κ3) is 10.7. The van der Waals surface area contributed by atoms with E-state index in [0.29, 0.717) is 113 Å². The number of likely N-dealkylation sites (tertiary alicyclic amines) is 2. The minimum Gasteiger partial charge on any atom is -0.394 e. The van der Waals surface area contributed by atoms with Gasteiger partial charge < -0.3 is 25.1 Å². The maximum Gasteiger partial charge on any atom is 0.234 e. The molecule has 352 valence electrons. The van der Waals surface area contributed by atoms with Crippen LogP contribution in [0.15, 0.2) is 48.8 Å². The van der Waals surface area contributed by atoms with Crippen LogP contribution in [0.5, 0.6) is 0 Å². The van der Waals surface area contributed by atoms with Crippen LogP contribution in [-0.4, -0.2) is 125 Å². The standard InChI is InChI=1S/C46H57FN10O7S2/c1-3-25-66(63,64)54-35-6-4-5-34(39(35)47)40-41(36-11-18-48-46(51-36)50-28(2)27-58)65-43(53-40)29-12-21-56(22-13-29)45(62)31-16-23-57(24-17-31)44(61)30-14-19-55(20-15-30)37-9-7-32(26-49-37)33-8-10-38(59)52-42(33)60/h4-7,9,11,18,26,28-31,33,54,58H,3,8,10,12-17,19-25,27H2,1-2H3,(H,48,50,51)(H,52,59,60)/t28-,33+/m1/s1. The van der Waals surface area contributed by atoms with Crippen molar-refractivity contribution in [2.24, 2.45) is 11.8 Å². The first kappa shape index (κ1) is 46.9. The SMILES string of the molecule is CCCS(=O)(=O)Nc1cccc(-c2nc(C3CCN(C(=O)C4CCN(C(=O)C5CCN(c6ccc([C@@H]7CCC(=O)NC7=O)cn6)CC5)CC4)CC3)sc2-c2ccnc(N[C@H](C)CO)n2)c1F. The van der Waals surface area contributed by atoms with Crippen LogP contribution in [0.3, 0.4) is 0 Å². The first-order valence-corrected chi connectivity index (χ1v) is 25.4. The quantitative estimate of drug-likeness (QED) is 0.121. The number of nitrogens with zero attached hydrogens (tertiary/aromatic N) is 7. The topological polar surface area (TPSA) is 220 Å². The van der Waals surface area contributed by atoms with E-state index in [1.54, 1.807) is 44.4 Å². The van der Waals surface area contributed by atoms with Crippen LogP contribution in [0.1, 0.15) is 94.0 Å². The van der Waals surface area contributed by atoms with E-state index < -0.39 is 15.8 Å². The lowest BCUT2D eigenvalue weighted by molar-refractivity contribution is -0.143. The summed E-state index contributed by atoms with van der Waals surface area (Å²) in [4.78, 5) is 76.6. The first-order chi connectivity index (χ1) is 31.8. The molecule has 0 spiro atoms. The number of carbonyl (C=O) groups is 4. The van der Waals surface area contributed by atoms with Crippen LogP contribution in [0.4, 0.5) is 21.8 Å². The number of piperidine rings is 4. The van der Waals surface area contributed by atoms with Crippen molar-refractivity contribution in [3.63, 3.8) is 0 Å². The van der Waals surface area contributed by atoms with E-state index in [9.17, 15) is 32.7 Å². The highest BCUT2D eigenvalue weighted by Crippen LogP contribution is 2.43. The smallest absolute Gasteiger partial charge is 0.234 e. The van der Waals surface area contributed by atoms with Crippen molar-refractivity contribution >= 4 is 62.4 Å². The zero-order valence-electron chi connectivity index (χ0n) is 37.2. The van der Waals surface area contributed by atoms with Gasteiger partial charge >= 0.3 is 0 Å². The van der Waals surface area contributed by atoms with Crippen LogP contribution in [0, 0.1) is 17.7 Å². The number of anilines is 3. The number of aliphatic hydroxyl groups is 1. The summed E-state index contributed by atoms with van der Waals surface area (Å²) >= 11 is 1.39. The number of halogens is 1. The summed E-state index contributed by atoms with van der Waals surface area (Å²) in [5.41, 5.74) is 1.55. The third-order valence-electron chi connectivity index (χ3n) is 13.1. The molecular weight excluding hydrogens is 888 g/mol. The van der Waals surface area contributed by atoms with Crippen molar-refractivity contribution in [2.75, 3.05) is 66.6 Å². The summed E-state index contributed by atoms with van der Waals surface area (Å²) in [5, 5.41) is 15.8. The van der Waals surface area contributed by atoms with Crippen molar-refractivity contribution in [1.82, 2.24) is 35.1 Å². The summed E-state index contributed by atoms with van der Waals surface area (Å²) in [5.74, 6) is -0.769. The lowest BCUT2D eigenvalue weighted by Gasteiger charge is -2.39. The van der Waals surface area contributed by atoms with Gasteiger partial charge in [-0.3, -0.25) is 29.2 Å². The molecule has 4 aromatic rings. The predicted octanol–water partition coefficient (Wildman–Crippen LogP) is 5.13. The van der Waals surface area contributed by atoms with Crippen LogP contribution < -0.4 is 20.3 Å². The molecule has 4 aliphatic heterocycles. The molecule has 0 unspecified atom stereocenters. The lowest BCUT2D eigenvalue weighted by Crippen LogP contribution is -2.48. The zero-order valence-corrected chi connectivity index (χ0v) is 38.9. The number of thiazole rings is 1. The molecule has 17 nitrogen and oxygen atoms in total. The number of aliphatic hydroxyl groups excluding tert-OH is 1. The normalized spacial score (nSPS) is 19.7. The van der Waals surface area contributed by atoms with E-state index in [1.807, 2.05) is 21.9 Å². The fourth-order valence-electron chi connectivity index (χ4n) is 9.34. The summed E-state index contributed by atoms with van der Waals surface area (Å²) in [6, 6.07) is 9.74. The molecular formula is C46H57FN10O7S2. The minimum atomic E-state index is -3.77. The highest BCUT2D eigenvalue weighted by Gasteiger charge is 2.36. The summed E-state index contributed by atoms with van der Waals surface area (Å²) < 4.78 is 43.9. The lowest BCUT2D eigenvalue weighted by atomic mass is 9.90. The monoisotopic (exact) mass is 944 g/mol. The molecule has 4 amide bonds. The van der Waals surface area contributed by atoms with E-state index in [-0.39, 0.29) is 82.9 Å². The molecule has 3 aromatic heterocycles. The second kappa shape index (κ2) is 20.5. The van der Waals surface area contributed by atoms with Crippen molar-refractivity contribution in [3.8, 4) is 21.8 Å². The highest BCUT2D eigenvalue weighted by atomic mass is 32.2. The molecule has 0 saturated carbocycles. The zero-order chi connectivity index (χ0) is 46.5. The van der Waals surface area contributed by atoms with Crippen LogP contribution in [0.2, 0.25) is 0 Å². The second-order valence-electron chi connectivity index (χ2n) is 17.7. The predicted molar refractivity (Wildman–Crippen MR) is 249 cm³/mol. The third-order valence-corrected chi connectivity index (χ3v) is 15.8. The molecule has 8 rings (SSSR count). The number of sulfonamides is 1. The van der Waals surface area contributed by atoms with Crippen LogP contribution in [0.25, 0.3) is 21.8 Å². The number of pyridine rings is 1. The Hall–Kier alpha value is -5.60. The van der Waals surface area contributed by atoms with Crippen LogP contribution >= 0.6 is 11.3 Å². The van der Waals surface area contributed by atoms with E-state index in [2.05, 4.69) is 35.2 Å². The number of imide groups is 1. The number of hydrogen-bond donors (Lipinski definition) is 4. The number of rotatable bonds is 14. The Morgan fingerprint density at radius 3 is 2.23 bits per heavy atom. The van der Waals surface area contributed by atoms with Crippen molar-refractivity contribution < 1.29 is 37.1 Å². The van der Waals surface area contributed by atoms with Gasteiger partial charge in [-0.2, -0.15) is 0 Å². The Labute approximate surface area is 388 Å². The average molecular weight is 945 g/mol. The maximum absolute atomic E-state index is 16.3. The molecule has 4 saturated heterocycles. The summed E-state index contributed by atoms with van der Waals surface area (Å²) in [6.07, 6.45) is 8.37. The number of amides is 4. The van der Waals surface area contributed by atoms with Gasteiger partial charge in [-0.15, -0.1) is 11.3 Å². The Morgan fingerprint density at radius 2 is 1.59 bits per heavy atom. The molecule has 0 bridgehead atoms. The first-order valence-electron chi connectivity index (χ1n) is 22.9. The number of aromatic nitrogens is 4. The molecule has 1 aromatic carbocycles. The Morgan fingerprint density at radius 1 is 0.909 bits per heavy atom.